The summed E-state index contributed by atoms with van der Waals surface area (Å²) in [6.45, 7) is 0.534. The van der Waals surface area contributed by atoms with Gasteiger partial charge in [0.05, 0.1) is 24.9 Å². The Bertz CT molecular complexity index is 677. The Hall–Kier alpha value is -2.22. The molecule has 3 aromatic rings. The lowest BCUT2D eigenvalue weighted by molar-refractivity contribution is 0.401. The maximum atomic E-state index is 5.90. The number of fused-ring (bicyclic) bond motifs is 1. The molecule has 0 saturated heterocycles. The monoisotopic (exact) mass is 262 g/mol. The second-order valence-electron chi connectivity index (χ2n) is 3.59. The van der Waals surface area contributed by atoms with Crippen LogP contribution in [0.5, 0.6) is 5.88 Å². The van der Waals surface area contributed by atoms with Crippen molar-refractivity contribution < 1.29 is 4.74 Å². The molecule has 3 heterocycles. The van der Waals surface area contributed by atoms with Gasteiger partial charge in [-0.2, -0.15) is 4.98 Å². The summed E-state index contributed by atoms with van der Waals surface area (Å²) in [7, 11) is 1.54. The first-order valence-corrected chi connectivity index (χ1v) is 6.11. The zero-order valence-electron chi connectivity index (χ0n) is 9.57. The van der Waals surface area contributed by atoms with Crippen molar-refractivity contribution in [3.05, 3.63) is 22.9 Å². The number of methoxy groups -OCH3 is 1. The minimum atomic E-state index is 0.372. The molecule has 18 heavy (non-hydrogen) atoms. The summed E-state index contributed by atoms with van der Waals surface area (Å²) in [5, 5.41) is 1.96. The van der Waals surface area contributed by atoms with Crippen LogP contribution in [0.2, 0.25) is 0 Å². The van der Waals surface area contributed by atoms with Gasteiger partial charge in [-0.05, 0) is 0 Å². The molecule has 0 spiro atoms. The lowest BCUT2D eigenvalue weighted by Crippen LogP contribution is -2.05. The predicted molar refractivity (Wildman–Crippen MR) is 67.5 cm³/mol. The predicted octanol–water partition coefficient (Wildman–Crippen LogP) is 0.922. The molecule has 0 saturated carbocycles. The summed E-state index contributed by atoms with van der Waals surface area (Å²) >= 11 is 1.54. The number of aromatic nitrogens is 5. The Balaban J connectivity index is 2.14. The van der Waals surface area contributed by atoms with Crippen molar-refractivity contribution in [3.8, 4) is 5.88 Å². The highest BCUT2D eigenvalue weighted by Crippen LogP contribution is 2.23. The molecule has 0 fully saturated rings. The van der Waals surface area contributed by atoms with Gasteiger partial charge in [-0.3, -0.25) is 4.57 Å². The molecule has 0 unspecified atom stereocenters. The highest BCUT2D eigenvalue weighted by Gasteiger charge is 2.15. The zero-order valence-corrected chi connectivity index (χ0v) is 10.4. The summed E-state index contributed by atoms with van der Waals surface area (Å²) in [5.41, 5.74) is 9.80. The number of nitrogens with zero attached hydrogens (tertiary/aromatic N) is 5. The van der Waals surface area contributed by atoms with E-state index in [-0.39, 0.29) is 0 Å². The molecule has 92 valence electrons. The minimum absolute atomic E-state index is 0.372. The van der Waals surface area contributed by atoms with Gasteiger partial charge in [0.1, 0.15) is 6.33 Å². The number of nitrogen functional groups attached to an aromatic ring is 1. The first-order valence-electron chi connectivity index (χ1n) is 5.17. The number of rotatable bonds is 3. The van der Waals surface area contributed by atoms with E-state index >= 15 is 0 Å². The molecule has 8 heteroatoms. The lowest BCUT2D eigenvalue weighted by Gasteiger charge is -2.03. The van der Waals surface area contributed by atoms with E-state index in [1.54, 1.807) is 10.1 Å². The Morgan fingerprint density at radius 1 is 1.39 bits per heavy atom. The Morgan fingerprint density at radius 2 is 2.28 bits per heavy atom. The van der Waals surface area contributed by atoms with Crippen molar-refractivity contribution in [2.45, 2.75) is 6.54 Å². The maximum Gasteiger partial charge on any atom is 0.245 e. The summed E-state index contributed by atoms with van der Waals surface area (Å²) in [4.78, 5) is 16.6. The first-order chi connectivity index (χ1) is 8.79. The number of nitrogens with two attached hydrogens (primary N) is 1. The van der Waals surface area contributed by atoms with Crippen LogP contribution in [0.15, 0.2) is 17.2 Å². The molecule has 0 aliphatic carbocycles. The minimum Gasteiger partial charge on any atom is -0.479 e. The molecule has 3 aromatic heterocycles. The molecule has 0 atom stereocenters. The topological polar surface area (TPSA) is 91.7 Å². The molecule has 7 nitrogen and oxygen atoms in total. The van der Waals surface area contributed by atoms with Crippen molar-refractivity contribution in [3.63, 3.8) is 0 Å². The zero-order chi connectivity index (χ0) is 12.5. The van der Waals surface area contributed by atoms with E-state index in [2.05, 4.69) is 19.9 Å². The second kappa shape index (κ2) is 4.22. The van der Waals surface area contributed by atoms with Gasteiger partial charge in [-0.25, -0.2) is 15.0 Å². The van der Waals surface area contributed by atoms with E-state index in [1.165, 1.54) is 24.8 Å². The smallest absolute Gasteiger partial charge is 0.245 e. The molecule has 0 radical (unpaired) electrons. The standard InChI is InChI=1S/C10H10N6OS/c1-17-9-7-8(12-4-13-9)16(10(11)15-7)2-6-3-18-5-14-6/h3-5H,2H2,1H3,(H2,11,15). The number of thiazole rings is 1. The largest absolute Gasteiger partial charge is 0.479 e. The normalized spacial score (nSPS) is 10.9. The first kappa shape index (κ1) is 10.9. The quantitative estimate of drug-likeness (QED) is 0.754. The van der Waals surface area contributed by atoms with E-state index in [4.69, 9.17) is 10.5 Å². The molecule has 2 N–H and O–H groups in total. The van der Waals surface area contributed by atoms with Crippen LogP contribution in [0.4, 0.5) is 5.95 Å². The fraction of sp³-hybridized carbons (Fsp3) is 0.200. The molecule has 0 aromatic carbocycles. The lowest BCUT2D eigenvalue weighted by atomic mass is 10.4. The van der Waals surface area contributed by atoms with Gasteiger partial charge in [-0.15, -0.1) is 11.3 Å². The van der Waals surface area contributed by atoms with E-state index in [1.807, 2.05) is 5.38 Å². The van der Waals surface area contributed by atoms with Crippen LogP contribution in [0.3, 0.4) is 0 Å². The highest BCUT2D eigenvalue weighted by molar-refractivity contribution is 7.07. The van der Waals surface area contributed by atoms with E-state index in [9.17, 15) is 0 Å². The molecular weight excluding hydrogens is 252 g/mol. The van der Waals surface area contributed by atoms with Gasteiger partial charge in [-0.1, -0.05) is 0 Å². The molecule has 0 aliphatic heterocycles. The van der Waals surface area contributed by atoms with E-state index in [0.29, 0.717) is 29.5 Å². The molecule has 0 aliphatic rings. The summed E-state index contributed by atoms with van der Waals surface area (Å²) < 4.78 is 6.92. The molecular formula is C10H10N6OS. The summed E-state index contributed by atoms with van der Waals surface area (Å²) in [5.74, 6) is 0.792. The number of imidazole rings is 1. The number of anilines is 1. The third kappa shape index (κ3) is 1.66. The molecule has 3 rings (SSSR count). The van der Waals surface area contributed by atoms with E-state index < -0.39 is 0 Å². The van der Waals surface area contributed by atoms with Gasteiger partial charge in [0.15, 0.2) is 11.2 Å². The van der Waals surface area contributed by atoms with Crippen LogP contribution < -0.4 is 10.5 Å². The van der Waals surface area contributed by atoms with Gasteiger partial charge in [0.25, 0.3) is 0 Å². The Kier molecular flexibility index (Phi) is 2.56. The summed E-state index contributed by atoms with van der Waals surface area (Å²) in [6, 6.07) is 0. The van der Waals surface area contributed by atoms with Gasteiger partial charge >= 0.3 is 0 Å². The van der Waals surface area contributed by atoms with Crippen molar-refractivity contribution in [2.75, 3.05) is 12.8 Å². The number of hydrogen-bond acceptors (Lipinski definition) is 7. The van der Waals surface area contributed by atoms with Crippen molar-refractivity contribution in [1.82, 2.24) is 24.5 Å². The SMILES string of the molecule is COc1ncnc2c1nc(N)n2Cc1cscn1. The van der Waals surface area contributed by atoms with Crippen LogP contribution in [0, 0.1) is 0 Å². The van der Waals surface area contributed by atoms with Gasteiger partial charge < -0.3 is 10.5 Å². The van der Waals surface area contributed by atoms with Crippen molar-refractivity contribution in [2.24, 2.45) is 0 Å². The van der Waals surface area contributed by atoms with Crippen LogP contribution in [0.25, 0.3) is 11.2 Å². The van der Waals surface area contributed by atoms with Crippen molar-refractivity contribution in [1.29, 1.82) is 0 Å². The van der Waals surface area contributed by atoms with Gasteiger partial charge in [0.2, 0.25) is 11.8 Å². The fourth-order valence-electron chi connectivity index (χ4n) is 1.72. The third-order valence-corrected chi connectivity index (χ3v) is 3.16. The maximum absolute atomic E-state index is 5.90. The average Bonchev–Trinajstić information content (AvgIpc) is 2.99. The summed E-state index contributed by atoms with van der Waals surface area (Å²) in [6.07, 6.45) is 1.43. The molecule has 0 amide bonds. The number of hydrogen-bond donors (Lipinski definition) is 1. The van der Waals surface area contributed by atoms with Crippen LogP contribution >= 0.6 is 11.3 Å². The van der Waals surface area contributed by atoms with Crippen LogP contribution in [-0.2, 0) is 6.54 Å². The second-order valence-corrected chi connectivity index (χ2v) is 4.31. The van der Waals surface area contributed by atoms with Crippen LogP contribution in [0.1, 0.15) is 5.69 Å². The van der Waals surface area contributed by atoms with Gasteiger partial charge in [0, 0.05) is 5.38 Å². The van der Waals surface area contributed by atoms with E-state index in [0.717, 1.165) is 5.69 Å². The Labute approximate surface area is 106 Å². The van der Waals surface area contributed by atoms with Crippen molar-refractivity contribution >= 4 is 28.4 Å². The highest BCUT2D eigenvalue weighted by atomic mass is 32.1. The average molecular weight is 262 g/mol. The van der Waals surface area contributed by atoms with Crippen LogP contribution in [-0.4, -0.2) is 31.6 Å². The fourth-order valence-corrected chi connectivity index (χ4v) is 2.27. The Morgan fingerprint density at radius 3 is 3.00 bits per heavy atom. The molecule has 0 bridgehead atoms. The third-order valence-electron chi connectivity index (χ3n) is 2.52. The number of ether oxygens (including phenoxy) is 1.